The van der Waals surface area contributed by atoms with Crippen LogP contribution in [0.2, 0.25) is 0 Å². The van der Waals surface area contributed by atoms with Gasteiger partial charge < -0.3 is 19.7 Å². The maximum atomic E-state index is 13.4. The van der Waals surface area contributed by atoms with Gasteiger partial charge in [0, 0.05) is 38.0 Å². The van der Waals surface area contributed by atoms with E-state index in [1.54, 1.807) is 18.2 Å². The Bertz CT molecular complexity index is 766. The fraction of sp³-hybridized carbons (Fsp3) is 0.350. The molecule has 0 aliphatic carbocycles. The first-order valence-corrected chi connectivity index (χ1v) is 8.61. The fourth-order valence-electron chi connectivity index (χ4n) is 2.89. The van der Waals surface area contributed by atoms with Crippen molar-refractivity contribution in [2.45, 2.75) is 18.6 Å². The topological polar surface area (TPSA) is 50.8 Å². The Kier molecular flexibility index (Phi) is 5.73. The first kappa shape index (κ1) is 18.2. The van der Waals surface area contributed by atoms with Crippen LogP contribution in [0.1, 0.15) is 16.8 Å². The van der Waals surface area contributed by atoms with Crippen LogP contribution in [0.15, 0.2) is 48.5 Å². The number of hydrogen-bond donors (Lipinski definition) is 1. The van der Waals surface area contributed by atoms with Gasteiger partial charge >= 0.3 is 0 Å². The Morgan fingerprint density at radius 2 is 2.04 bits per heavy atom. The van der Waals surface area contributed by atoms with Gasteiger partial charge in [-0.15, -0.1) is 0 Å². The molecule has 3 rings (SSSR count). The number of nitrogens with one attached hydrogen (secondary N) is 1. The van der Waals surface area contributed by atoms with Crippen LogP contribution in [0.5, 0.6) is 5.75 Å². The average molecular weight is 358 g/mol. The van der Waals surface area contributed by atoms with E-state index in [2.05, 4.69) is 5.32 Å². The fourth-order valence-corrected chi connectivity index (χ4v) is 2.89. The molecule has 2 aromatic rings. The van der Waals surface area contributed by atoms with Gasteiger partial charge in [-0.05, 0) is 36.8 Å². The van der Waals surface area contributed by atoms with Crippen molar-refractivity contribution in [1.82, 2.24) is 5.32 Å². The molecule has 1 N–H and O–H groups in total. The van der Waals surface area contributed by atoms with E-state index in [1.165, 1.54) is 12.1 Å². The van der Waals surface area contributed by atoms with E-state index in [-0.39, 0.29) is 23.9 Å². The Morgan fingerprint density at radius 3 is 2.81 bits per heavy atom. The van der Waals surface area contributed by atoms with Crippen molar-refractivity contribution in [1.29, 1.82) is 0 Å². The largest absolute Gasteiger partial charge is 0.486 e. The lowest BCUT2D eigenvalue weighted by Gasteiger charge is -2.32. The highest BCUT2D eigenvalue weighted by atomic mass is 19.1. The minimum atomic E-state index is -0.369. The molecule has 5 nitrogen and oxygen atoms in total. The SMILES string of the molecule is CN(C)c1cccc(C(=O)NC2CCOCC2Oc2cccc(F)c2)c1. The van der Waals surface area contributed by atoms with Crippen molar-refractivity contribution >= 4 is 11.6 Å². The Morgan fingerprint density at radius 1 is 1.23 bits per heavy atom. The van der Waals surface area contributed by atoms with Crippen molar-refractivity contribution in [3.05, 3.63) is 59.9 Å². The lowest BCUT2D eigenvalue weighted by atomic mass is 10.0. The normalized spacial score (nSPS) is 19.7. The summed E-state index contributed by atoms with van der Waals surface area (Å²) < 4.78 is 24.7. The van der Waals surface area contributed by atoms with Gasteiger partial charge in [-0.2, -0.15) is 0 Å². The summed E-state index contributed by atoms with van der Waals surface area (Å²) in [7, 11) is 3.86. The maximum Gasteiger partial charge on any atom is 0.251 e. The van der Waals surface area contributed by atoms with E-state index >= 15 is 0 Å². The van der Waals surface area contributed by atoms with Gasteiger partial charge in [-0.3, -0.25) is 4.79 Å². The third kappa shape index (κ3) is 4.52. The van der Waals surface area contributed by atoms with Crippen LogP contribution in [0, 0.1) is 5.82 Å². The molecule has 0 radical (unpaired) electrons. The predicted molar refractivity (Wildman–Crippen MR) is 98.3 cm³/mol. The summed E-state index contributed by atoms with van der Waals surface area (Å²) in [6.45, 7) is 0.894. The first-order chi connectivity index (χ1) is 12.5. The van der Waals surface area contributed by atoms with Crippen molar-refractivity contribution < 1.29 is 18.7 Å². The van der Waals surface area contributed by atoms with Gasteiger partial charge in [0.25, 0.3) is 5.91 Å². The van der Waals surface area contributed by atoms with E-state index in [0.29, 0.717) is 30.9 Å². The summed E-state index contributed by atoms with van der Waals surface area (Å²) >= 11 is 0. The Balaban J connectivity index is 1.70. The number of benzene rings is 2. The van der Waals surface area contributed by atoms with Gasteiger partial charge in [-0.25, -0.2) is 4.39 Å². The summed E-state index contributed by atoms with van der Waals surface area (Å²) in [4.78, 5) is 14.6. The van der Waals surface area contributed by atoms with E-state index in [0.717, 1.165) is 5.69 Å². The molecule has 1 amide bonds. The van der Waals surface area contributed by atoms with Crippen molar-refractivity contribution in [3.63, 3.8) is 0 Å². The number of anilines is 1. The number of nitrogens with zero attached hydrogens (tertiary/aromatic N) is 1. The standard InChI is InChI=1S/C20H23FN2O3/c1-23(2)16-7-3-5-14(11-16)20(24)22-18-9-10-25-13-19(18)26-17-8-4-6-15(21)12-17/h3-8,11-12,18-19H,9-10,13H2,1-2H3,(H,22,24). The lowest BCUT2D eigenvalue weighted by Crippen LogP contribution is -2.51. The minimum Gasteiger partial charge on any atom is -0.486 e. The molecular weight excluding hydrogens is 335 g/mol. The molecule has 1 aliphatic heterocycles. The third-order valence-corrected chi connectivity index (χ3v) is 4.33. The molecule has 1 fully saturated rings. The van der Waals surface area contributed by atoms with Crippen LogP contribution in [0.4, 0.5) is 10.1 Å². The monoisotopic (exact) mass is 358 g/mol. The highest BCUT2D eigenvalue weighted by Gasteiger charge is 2.29. The zero-order valence-corrected chi connectivity index (χ0v) is 14.9. The molecule has 0 spiro atoms. The molecule has 6 heteroatoms. The number of carbonyl (C=O) groups is 1. The summed E-state index contributed by atoms with van der Waals surface area (Å²) in [5, 5.41) is 3.03. The second kappa shape index (κ2) is 8.19. The second-order valence-electron chi connectivity index (χ2n) is 6.50. The Hall–Kier alpha value is -2.60. The molecular formula is C20H23FN2O3. The Labute approximate surface area is 152 Å². The molecule has 0 saturated carbocycles. The molecule has 1 aliphatic rings. The average Bonchev–Trinajstić information content (AvgIpc) is 2.63. The molecule has 2 atom stereocenters. The molecule has 1 saturated heterocycles. The van der Waals surface area contributed by atoms with Crippen LogP contribution in [0.3, 0.4) is 0 Å². The van der Waals surface area contributed by atoms with Gasteiger partial charge in [0.15, 0.2) is 0 Å². The maximum absolute atomic E-state index is 13.4. The molecule has 0 aromatic heterocycles. The van der Waals surface area contributed by atoms with Crippen molar-refractivity contribution in [2.75, 3.05) is 32.2 Å². The number of rotatable bonds is 5. The number of carbonyl (C=O) groups excluding carboxylic acids is 1. The van der Waals surface area contributed by atoms with E-state index in [4.69, 9.17) is 9.47 Å². The van der Waals surface area contributed by atoms with Crippen molar-refractivity contribution in [2.24, 2.45) is 0 Å². The van der Waals surface area contributed by atoms with E-state index in [1.807, 2.05) is 37.2 Å². The van der Waals surface area contributed by atoms with Gasteiger partial charge in [-0.1, -0.05) is 12.1 Å². The highest BCUT2D eigenvalue weighted by Crippen LogP contribution is 2.20. The second-order valence-corrected chi connectivity index (χ2v) is 6.50. The minimum absolute atomic E-state index is 0.159. The summed E-state index contributed by atoms with van der Waals surface area (Å²) in [5.74, 6) is -0.0943. The summed E-state index contributed by atoms with van der Waals surface area (Å²) in [6, 6.07) is 13.2. The smallest absolute Gasteiger partial charge is 0.251 e. The summed E-state index contributed by atoms with van der Waals surface area (Å²) in [5.41, 5.74) is 1.55. The number of halogens is 1. The molecule has 0 bridgehead atoms. The van der Waals surface area contributed by atoms with Gasteiger partial charge in [0.1, 0.15) is 17.7 Å². The van der Waals surface area contributed by atoms with E-state index in [9.17, 15) is 9.18 Å². The van der Waals surface area contributed by atoms with Crippen LogP contribution in [-0.4, -0.2) is 45.4 Å². The van der Waals surface area contributed by atoms with E-state index < -0.39 is 0 Å². The van der Waals surface area contributed by atoms with Crippen LogP contribution >= 0.6 is 0 Å². The molecule has 2 unspecified atom stereocenters. The quantitative estimate of drug-likeness (QED) is 0.893. The first-order valence-electron chi connectivity index (χ1n) is 8.61. The number of amides is 1. The summed E-state index contributed by atoms with van der Waals surface area (Å²) in [6.07, 6.45) is 0.269. The third-order valence-electron chi connectivity index (χ3n) is 4.33. The zero-order chi connectivity index (χ0) is 18.5. The lowest BCUT2D eigenvalue weighted by molar-refractivity contribution is -0.0136. The molecule has 26 heavy (non-hydrogen) atoms. The zero-order valence-electron chi connectivity index (χ0n) is 14.9. The number of hydrogen-bond acceptors (Lipinski definition) is 4. The molecule has 138 valence electrons. The van der Waals surface area contributed by atoms with Gasteiger partial charge in [0.2, 0.25) is 0 Å². The highest BCUT2D eigenvalue weighted by molar-refractivity contribution is 5.95. The molecule has 2 aromatic carbocycles. The van der Waals surface area contributed by atoms with Crippen LogP contribution in [0.25, 0.3) is 0 Å². The van der Waals surface area contributed by atoms with Crippen LogP contribution < -0.4 is 15.0 Å². The van der Waals surface area contributed by atoms with Gasteiger partial charge in [0.05, 0.1) is 12.6 Å². The van der Waals surface area contributed by atoms with Crippen LogP contribution in [-0.2, 0) is 4.74 Å². The number of ether oxygens (including phenoxy) is 2. The predicted octanol–water partition coefficient (Wildman–Crippen LogP) is 2.86. The van der Waals surface area contributed by atoms with Crippen molar-refractivity contribution in [3.8, 4) is 5.75 Å². The molecule has 1 heterocycles.